The summed E-state index contributed by atoms with van der Waals surface area (Å²) >= 11 is 0. The SMILES string of the molecule is C=CC=Cc1ccc2c(c1)OCO2. The summed E-state index contributed by atoms with van der Waals surface area (Å²) in [5, 5.41) is 0. The van der Waals surface area contributed by atoms with Crippen molar-refractivity contribution < 1.29 is 9.47 Å². The predicted molar refractivity (Wildman–Crippen MR) is 51.8 cm³/mol. The lowest BCUT2D eigenvalue weighted by atomic mass is 10.2. The molecule has 1 aromatic carbocycles. The molecule has 0 aliphatic carbocycles. The molecule has 0 aromatic heterocycles. The highest BCUT2D eigenvalue weighted by Crippen LogP contribution is 2.32. The van der Waals surface area contributed by atoms with Crippen molar-refractivity contribution in [3.8, 4) is 11.5 Å². The molecule has 1 aliphatic heterocycles. The monoisotopic (exact) mass is 174 g/mol. The first-order valence-corrected chi connectivity index (χ1v) is 4.09. The third-order valence-electron chi connectivity index (χ3n) is 1.82. The van der Waals surface area contributed by atoms with E-state index < -0.39 is 0 Å². The van der Waals surface area contributed by atoms with Crippen LogP contribution in [-0.2, 0) is 0 Å². The van der Waals surface area contributed by atoms with Crippen molar-refractivity contribution in [1.82, 2.24) is 0 Å². The molecule has 0 saturated carbocycles. The predicted octanol–water partition coefficient (Wildman–Crippen LogP) is 2.61. The van der Waals surface area contributed by atoms with E-state index in [0.717, 1.165) is 17.1 Å². The molecular formula is C11H10O2. The summed E-state index contributed by atoms with van der Waals surface area (Å²) in [5.41, 5.74) is 1.09. The Morgan fingerprint density at radius 3 is 2.92 bits per heavy atom. The van der Waals surface area contributed by atoms with Crippen molar-refractivity contribution in [3.63, 3.8) is 0 Å². The van der Waals surface area contributed by atoms with Crippen LogP contribution in [0, 0.1) is 0 Å². The minimum Gasteiger partial charge on any atom is -0.454 e. The zero-order valence-electron chi connectivity index (χ0n) is 7.19. The van der Waals surface area contributed by atoms with Crippen LogP contribution in [0.15, 0.2) is 36.9 Å². The summed E-state index contributed by atoms with van der Waals surface area (Å²) in [6, 6.07) is 5.83. The summed E-state index contributed by atoms with van der Waals surface area (Å²) in [4.78, 5) is 0. The third kappa shape index (κ3) is 1.56. The Balaban J connectivity index is 2.30. The van der Waals surface area contributed by atoms with E-state index in [1.807, 2.05) is 30.4 Å². The van der Waals surface area contributed by atoms with E-state index in [-0.39, 0.29) is 0 Å². The lowest BCUT2D eigenvalue weighted by Crippen LogP contribution is -1.92. The molecule has 0 fully saturated rings. The van der Waals surface area contributed by atoms with Crippen LogP contribution in [0.25, 0.3) is 6.08 Å². The zero-order valence-corrected chi connectivity index (χ0v) is 7.19. The van der Waals surface area contributed by atoms with E-state index in [1.54, 1.807) is 6.08 Å². The Labute approximate surface area is 77.1 Å². The molecular weight excluding hydrogens is 164 g/mol. The van der Waals surface area contributed by atoms with Gasteiger partial charge in [0.05, 0.1) is 0 Å². The lowest BCUT2D eigenvalue weighted by molar-refractivity contribution is 0.174. The second kappa shape index (κ2) is 3.35. The highest BCUT2D eigenvalue weighted by atomic mass is 16.7. The number of ether oxygens (including phenoxy) is 2. The summed E-state index contributed by atoms with van der Waals surface area (Å²) in [7, 11) is 0. The van der Waals surface area contributed by atoms with Crippen LogP contribution in [0.2, 0.25) is 0 Å². The molecule has 1 aromatic rings. The van der Waals surface area contributed by atoms with Crippen LogP contribution in [-0.4, -0.2) is 6.79 Å². The van der Waals surface area contributed by atoms with Gasteiger partial charge < -0.3 is 9.47 Å². The fraction of sp³-hybridized carbons (Fsp3) is 0.0909. The Kier molecular flexibility index (Phi) is 2.04. The second-order valence-electron chi connectivity index (χ2n) is 2.71. The first kappa shape index (κ1) is 7.92. The van der Waals surface area contributed by atoms with Crippen molar-refractivity contribution in [2.75, 3.05) is 6.79 Å². The number of allylic oxidation sites excluding steroid dienone is 2. The summed E-state index contributed by atoms with van der Waals surface area (Å²) in [6.07, 6.45) is 5.59. The van der Waals surface area contributed by atoms with Gasteiger partial charge in [-0.25, -0.2) is 0 Å². The Hall–Kier alpha value is -1.70. The zero-order chi connectivity index (χ0) is 9.10. The van der Waals surface area contributed by atoms with Gasteiger partial charge in [-0.05, 0) is 17.7 Å². The molecule has 0 bridgehead atoms. The van der Waals surface area contributed by atoms with Crippen molar-refractivity contribution in [2.45, 2.75) is 0 Å². The van der Waals surface area contributed by atoms with Gasteiger partial charge in [0.25, 0.3) is 0 Å². The highest BCUT2D eigenvalue weighted by molar-refractivity contribution is 5.57. The van der Waals surface area contributed by atoms with E-state index in [1.165, 1.54) is 0 Å². The average molecular weight is 174 g/mol. The fourth-order valence-electron chi connectivity index (χ4n) is 1.20. The Morgan fingerprint density at radius 1 is 1.23 bits per heavy atom. The van der Waals surface area contributed by atoms with Crippen molar-refractivity contribution in [2.24, 2.45) is 0 Å². The molecule has 2 heteroatoms. The van der Waals surface area contributed by atoms with Gasteiger partial charge in [-0.15, -0.1) is 0 Å². The van der Waals surface area contributed by atoms with Gasteiger partial charge in [0.2, 0.25) is 6.79 Å². The number of rotatable bonds is 2. The second-order valence-corrected chi connectivity index (χ2v) is 2.71. The Bertz CT molecular complexity index is 353. The largest absolute Gasteiger partial charge is 0.454 e. The van der Waals surface area contributed by atoms with Gasteiger partial charge in [-0.3, -0.25) is 0 Å². The van der Waals surface area contributed by atoms with Crippen LogP contribution in [0.3, 0.4) is 0 Å². The topological polar surface area (TPSA) is 18.5 Å². The molecule has 0 radical (unpaired) electrons. The van der Waals surface area contributed by atoms with Gasteiger partial charge >= 0.3 is 0 Å². The highest BCUT2D eigenvalue weighted by Gasteiger charge is 2.11. The normalized spacial score (nSPS) is 13.5. The molecule has 0 unspecified atom stereocenters. The lowest BCUT2D eigenvalue weighted by Gasteiger charge is -1.96. The summed E-state index contributed by atoms with van der Waals surface area (Å²) in [6.45, 7) is 3.93. The first-order chi connectivity index (χ1) is 6.40. The maximum atomic E-state index is 5.24. The first-order valence-electron chi connectivity index (χ1n) is 4.09. The van der Waals surface area contributed by atoms with Gasteiger partial charge in [0.15, 0.2) is 11.5 Å². The maximum Gasteiger partial charge on any atom is 0.231 e. The van der Waals surface area contributed by atoms with E-state index >= 15 is 0 Å². The molecule has 0 spiro atoms. The van der Waals surface area contributed by atoms with Crippen LogP contribution < -0.4 is 9.47 Å². The number of fused-ring (bicyclic) bond motifs is 1. The third-order valence-corrected chi connectivity index (χ3v) is 1.82. The standard InChI is InChI=1S/C11H10O2/c1-2-3-4-9-5-6-10-11(7-9)13-8-12-10/h2-7H,1,8H2. The quantitative estimate of drug-likeness (QED) is 0.641. The van der Waals surface area contributed by atoms with E-state index in [4.69, 9.17) is 9.47 Å². The molecule has 66 valence electrons. The number of hydrogen-bond donors (Lipinski definition) is 0. The minimum atomic E-state index is 0.323. The number of hydrogen-bond acceptors (Lipinski definition) is 2. The maximum absolute atomic E-state index is 5.24. The summed E-state index contributed by atoms with van der Waals surface area (Å²) in [5.74, 6) is 1.63. The van der Waals surface area contributed by atoms with Crippen LogP contribution >= 0.6 is 0 Å². The van der Waals surface area contributed by atoms with E-state index in [2.05, 4.69) is 6.58 Å². The van der Waals surface area contributed by atoms with Gasteiger partial charge in [0, 0.05) is 0 Å². The molecule has 2 nitrogen and oxygen atoms in total. The van der Waals surface area contributed by atoms with E-state index in [0.29, 0.717) is 6.79 Å². The van der Waals surface area contributed by atoms with Gasteiger partial charge in [-0.2, -0.15) is 0 Å². The smallest absolute Gasteiger partial charge is 0.231 e. The molecule has 0 N–H and O–H groups in total. The molecule has 0 saturated heterocycles. The molecule has 0 atom stereocenters. The molecule has 1 aliphatic rings. The van der Waals surface area contributed by atoms with E-state index in [9.17, 15) is 0 Å². The number of benzene rings is 1. The van der Waals surface area contributed by atoms with Crippen molar-refractivity contribution in [3.05, 3.63) is 42.5 Å². The van der Waals surface area contributed by atoms with Crippen LogP contribution in [0.4, 0.5) is 0 Å². The van der Waals surface area contributed by atoms with Crippen LogP contribution in [0.1, 0.15) is 5.56 Å². The molecule has 0 amide bonds. The van der Waals surface area contributed by atoms with Crippen molar-refractivity contribution >= 4 is 6.08 Å². The fourth-order valence-corrected chi connectivity index (χ4v) is 1.20. The molecule has 1 heterocycles. The van der Waals surface area contributed by atoms with Crippen LogP contribution in [0.5, 0.6) is 11.5 Å². The molecule has 2 rings (SSSR count). The Morgan fingerprint density at radius 2 is 2.08 bits per heavy atom. The van der Waals surface area contributed by atoms with Gasteiger partial charge in [0.1, 0.15) is 0 Å². The van der Waals surface area contributed by atoms with Gasteiger partial charge in [-0.1, -0.05) is 30.9 Å². The summed E-state index contributed by atoms with van der Waals surface area (Å²) < 4.78 is 10.4. The minimum absolute atomic E-state index is 0.323. The van der Waals surface area contributed by atoms with Crippen molar-refractivity contribution in [1.29, 1.82) is 0 Å². The average Bonchev–Trinajstić information content (AvgIpc) is 2.61. The molecule has 13 heavy (non-hydrogen) atoms.